The number of sulfonamides is 1. The first-order valence-electron chi connectivity index (χ1n) is 6.85. The zero-order valence-corrected chi connectivity index (χ0v) is 13.0. The highest BCUT2D eigenvalue weighted by Crippen LogP contribution is 2.27. The van der Waals surface area contributed by atoms with Crippen molar-refractivity contribution in [1.29, 1.82) is 0 Å². The summed E-state index contributed by atoms with van der Waals surface area (Å²) in [5, 5.41) is 8.86. The van der Waals surface area contributed by atoms with E-state index in [0.29, 0.717) is 0 Å². The van der Waals surface area contributed by atoms with E-state index in [0.717, 1.165) is 17.1 Å². The van der Waals surface area contributed by atoms with E-state index >= 15 is 0 Å². The molecule has 0 radical (unpaired) electrons. The molecule has 2 rings (SSSR count). The molecule has 0 heterocycles. The van der Waals surface area contributed by atoms with Crippen molar-refractivity contribution >= 4 is 21.9 Å². The molecule has 1 saturated carbocycles. The fraction of sp³-hybridized carbons (Fsp3) is 0.429. The van der Waals surface area contributed by atoms with Crippen LogP contribution in [0.4, 0.5) is 0 Å². The Bertz CT molecular complexity index is 655. The van der Waals surface area contributed by atoms with Crippen LogP contribution in [0.1, 0.15) is 12.8 Å². The quantitative estimate of drug-likeness (QED) is 0.782. The van der Waals surface area contributed by atoms with Crippen LogP contribution in [-0.4, -0.2) is 60.8 Å². The largest absolute Gasteiger partial charge is 0.480 e. The third-order valence-corrected chi connectivity index (χ3v) is 5.24. The predicted molar refractivity (Wildman–Crippen MR) is 78.6 cm³/mol. The second-order valence-corrected chi connectivity index (χ2v) is 7.27. The molecule has 1 aliphatic rings. The first kappa shape index (κ1) is 16.4. The van der Waals surface area contributed by atoms with Gasteiger partial charge in [0, 0.05) is 13.1 Å². The van der Waals surface area contributed by atoms with Gasteiger partial charge in [0.05, 0.1) is 11.4 Å². The average molecular weight is 326 g/mol. The Hall–Kier alpha value is -1.93. The molecule has 0 saturated heterocycles. The number of amides is 1. The Morgan fingerprint density at radius 1 is 1.18 bits per heavy atom. The van der Waals surface area contributed by atoms with E-state index in [1.807, 2.05) is 0 Å². The normalized spacial score (nSPS) is 14.8. The molecule has 1 aromatic rings. The zero-order chi connectivity index (χ0) is 16.3. The maximum Gasteiger partial charge on any atom is 0.323 e. The van der Waals surface area contributed by atoms with E-state index in [9.17, 15) is 18.0 Å². The number of carboxylic acid groups (broad SMARTS) is 1. The summed E-state index contributed by atoms with van der Waals surface area (Å²) in [6.07, 6.45) is 1.52. The molecule has 8 heteroatoms. The molecule has 0 aromatic heterocycles. The van der Waals surface area contributed by atoms with Gasteiger partial charge in [-0.2, -0.15) is 4.31 Å². The lowest BCUT2D eigenvalue weighted by Crippen LogP contribution is -2.44. The zero-order valence-electron chi connectivity index (χ0n) is 12.2. The number of carboxylic acids is 1. The lowest BCUT2D eigenvalue weighted by atomic mass is 10.4. The second kappa shape index (κ2) is 6.45. The third kappa shape index (κ3) is 3.83. The lowest BCUT2D eigenvalue weighted by molar-refractivity contribution is -0.144. The van der Waals surface area contributed by atoms with E-state index in [-0.39, 0.29) is 17.5 Å². The van der Waals surface area contributed by atoms with Crippen LogP contribution in [0.2, 0.25) is 0 Å². The molecule has 0 bridgehead atoms. The molecule has 0 unspecified atom stereocenters. The van der Waals surface area contributed by atoms with Crippen molar-refractivity contribution in [2.45, 2.75) is 23.8 Å². The molecule has 0 atom stereocenters. The van der Waals surface area contributed by atoms with Crippen molar-refractivity contribution in [2.75, 3.05) is 20.1 Å². The average Bonchev–Trinajstić information content (AvgIpc) is 3.29. The molecule has 22 heavy (non-hydrogen) atoms. The summed E-state index contributed by atoms with van der Waals surface area (Å²) in [5.41, 5.74) is 0. The predicted octanol–water partition coefficient (Wildman–Crippen LogP) is 0.383. The number of carbonyl (C=O) groups excluding carboxylic acids is 1. The van der Waals surface area contributed by atoms with Crippen LogP contribution in [0.25, 0.3) is 0 Å². The summed E-state index contributed by atoms with van der Waals surface area (Å²) in [4.78, 5) is 24.4. The van der Waals surface area contributed by atoms with Crippen molar-refractivity contribution in [3.8, 4) is 0 Å². The van der Waals surface area contributed by atoms with Gasteiger partial charge in [0.15, 0.2) is 0 Å². The van der Waals surface area contributed by atoms with Gasteiger partial charge in [-0.1, -0.05) is 18.2 Å². The van der Waals surface area contributed by atoms with Gasteiger partial charge < -0.3 is 10.0 Å². The fourth-order valence-corrected chi connectivity index (χ4v) is 3.23. The first-order valence-corrected chi connectivity index (χ1v) is 8.29. The van der Waals surface area contributed by atoms with Gasteiger partial charge in [0.1, 0.15) is 6.54 Å². The number of nitrogens with zero attached hydrogens (tertiary/aromatic N) is 2. The highest BCUT2D eigenvalue weighted by molar-refractivity contribution is 7.89. The van der Waals surface area contributed by atoms with Gasteiger partial charge in [0.2, 0.25) is 15.9 Å². The van der Waals surface area contributed by atoms with Crippen LogP contribution >= 0.6 is 0 Å². The van der Waals surface area contributed by atoms with E-state index in [1.54, 1.807) is 18.2 Å². The van der Waals surface area contributed by atoms with Gasteiger partial charge in [-0.25, -0.2) is 8.42 Å². The Morgan fingerprint density at radius 3 is 2.27 bits per heavy atom. The topological polar surface area (TPSA) is 95.0 Å². The van der Waals surface area contributed by atoms with Crippen LogP contribution in [0, 0.1) is 0 Å². The Balaban J connectivity index is 2.08. The number of hydrogen-bond acceptors (Lipinski definition) is 4. The Labute approximate surface area is 129 Å². The smallest absolute Gasteiger partial charge is 0.323 e. The first-order chi connectivity index (χ1) is 10.3. The van der Waals surface area contributed by atoms with E-state index in [1.165, 1.54) is 24.1 Å². The van der Waals surface area contributed by atoms with Crippen LogP contribution in [0.3, 0.4) is 0 Å². The molecule has 1 fully saturated rings. The number of likely N-dealkylation sites (N-methyl/N-ethyl adjacent to an activating group) is 1. The molecule has 120 valence electrons. The van der Waals surface area contributed by atoms with E-state index in [4.69, 9.17) is 5.11 Å². The van der Waals surface area contributed by atoms with Gasteiger partial charge in [0.25, 0.3) is 0 Å². The number of hydrogen-bond donors (Lipinski definition) is 1. The van der Waals surface area contributed by atoms with Crippen LogP contribution in [0.15, 0.2) is 35.2 Å². The summed E-state index contributed by atoms with van der Waals surface area (Å²) >= 11 is 0. The Kier molecular flexibility index (Phi) is 4.82. The molecule has 1 amide bonds. The van der Waals surface area contributed by atoms with E-state index < -0.39 is 28.4 Å². The summed E-state index contributed by atoms with van der Waals surface area (Å²) < 4.78 is 25.6. The standard InChI is InChI=1S/C14H18N2O5S/c1-15(22(20,21)12-5-3-2-4-6-12)9-13(17)16(10-14(18)19)11-7-8-11/h2-6,11H,7-10H2,1H3,(H,18,19). The van der Waals surface area contributed by atoms with Crippen molar-refractivity contribution in [3.63, 3.8) is 0 Å². The van der Waals surface area contributed by atoms with Crippen molar-refractivity contribution in [2.24, 2.45) is 0 Å². The lowest BCUT2D eigenvalue weighted by Gasteiger charge is -2.23. The highest BCUT2D eigenvalue weighted by Gasteiger charge is 2.35. The molecule has 1 aliphatic carbocycles. The van der Waals surface area contributed by atoms with Gasteiger partial charge in [-0.05, 0) is 25.0 Å². The van der Waals surface area contributed by atoms with Gasteiger partial charge in [-0.15, -0.1) is 0 Å². The number of benzene rings is 1. The minimum atomic E-state index is -3.76. The van der Waals surface area contributed by atoms with E-state index in [2.05, 4.69) is 0 Å². The van der Waals surface area contributed by atoms with Gasteiger partial charge >= 0.3 is 5.97 Å². The summed E-state index contributed by atoms with van der Waals surface area (Å²) in [7, 11) is -2.45. The monoisotopic (exact) mass is 326 g/mol. The molecule has 1 aromatic carbocycles. The Morgan fingerprint density at radius 2 is 1.77 bits per heavy atom. The summed E-state index contributed by atoms with van der Waals surface area (Å²) in [6.45, 7) is -0.774. The SMILES string of the molecule is CN(CC(=O)N(CC(=O)O)C1CC1)S(=O)(=O)c1ccccc1. The summed E-state index contributed by atoms with van der Waals surface area (Å²) in [6, 6.07) is 7.72. The fourth-order valence-electron chi connectivity index (χ4n) is 2.09. The minimum absolute atomic E-state index is 0.0866. The molecular formula is C14H18N2O5S. The van der Waals surface area contributed by atoms with Gasteiger partial charge in [-0.3, -0.25) is 9.59 Å². The number of rotatable bonds is 7. The summed E-state index contributed by atoms with van der Waals surface area (Å²) in [5.74, 6) is -1.60. The second-order valence-electron chi connectivity index (χ2n) is 5.22. The molecule has 7 nitrogen and oxygen atoms in total. The minimum Gasteiger partial charge on any atom is -0.480 e. The van der Waals surface area contributed by atoms with Crippen molar-refractivity contribution in [3.05, 3.63) is 30.3 Å². The maximum atomic E-state index is 12.3. The molecule has 0 aliphatic heterocycles. The molecular weight excluding hydrogens is 308 g/mol. The maximum absolute atomic E-state index is 12.3. The van der Waals surface area contributed by atoms with Crippen molar-refractivity contribution in [1.82, 2.24) is 9.21 Å². The molecule has 1 N–H and O–H groups in total. The number of carbonyl (C=O) groups is 2. The number of aliphatic carboxylic acids is 1. The van der Waals surface area contributed by atoms with Crippen LogP contribution in [0.5, 0.6) is 0 Å². The van der Waals surface area contributed by atoms with Crippen molar-refractivity contribution < 1.29 is 23.1 Å². The third-order valence-electron chi connectivity index (χ3n) is 3.42. The van der Waals surface area contributed by atoms with Crippen LogP contribution < -0.4 is 0 Å². The molecule has 0 spiro atoms. The highest BCUT2D eigenvalue weighted by atomic mass is 32.2. The van der Waals surface area contributed by atoms with Crippen LogP contribution in [-0.2, 0) is 19.6 Å².